The predicted molar refractivity (Wildman–Crippen MR) is 217 cm³/mol. The first kappa shape index (κ1) is 62.8. The first-order valence-electron chi connectivity index (χ1n) is 17.4. The standard InChI is InChI=1S/C11H24O4S.C10H14.3C4H8.3C2H6.C2H4/c1-4-6-10(3)11(7-5-2)8-9-15-16(12,13)14;1-4-10-6-5-8(2)9(3)7-10;3*1-4(2)3;4*1-2/h10-11H,4-9H2,1-3H3,(H,12,13,14);5-7H,4H2,1-3H3;3*1H2,2-3H3;3*1-2H3;1-2H2. The van der Waals surface area contributed by atoms with Crippen molar-refractivity contribution in [1.29, 1.82) is 0 Å². The fourth-order valence-electron chi connectivity index (χ4n) is 3.10. The molecule has 0 saturated carbocycles. The molecule has 2 unspecified atom stereocenters. The van der Waals surface area contributed by atoms with E-state index in [4.69, 9.17) is 4.55 Å². The van der Waals surface area contributed by atoms with Gasteiger partial charge < -0.3 is 0 Å². The van der Waals surface area contributed by atoms with E-state index in [2.05, 4.69) is 96.8 Å². The normalized spacial score (nSPS) is 9.89. The summed E-state index contributed by atoms with van der Waals surface area (Å²) >= 11 is 0. The summed E-state index contributed by atoms with van der Waals surface area (Å²) in [6.07, 6.45) is 6.29. The van der Waals surface area contributed by atoms with Gasteiger partial charge in [0.1, 0.15) is 0 Å². The Labute approximate surface area is 292 Å². The van der Waals surface area contributed by atoms with Crippen molar-refractivity contribution in [3.8, 4) is 0 Å². The molecule has 4 nitrogen and oxygen atoms in total. The molecule has 1 N–H and O–H groups in total. The van der Waals surface area contributed by atoms with Gasteiger partial charge in [-0.25, -0.2) is 4.18 Å². The van der Waals surface area contributed by atoms with Crippen molar-refractivity contribution in [2.75, 3.05) is 6.61 Å². The van der Waals surface area contributed by atoms with Crippen LogP contribution in [0.5, 0.6) is 0 Å². The van der Waals surface area contributed by atoms with Crippen LogP contribution in [0.4, 0.5) is 0 Å². The van der Waals surface area contributed by atoms with Gasteiger partial charge in [-0.3, -0.25) is 4.55 Å². The predicted octanol–water partition coefficient (Wildman–Crippen LogP) is 14.5. The van der Waals surface area contributed by atoms with Crippen LogP contribution in [0.3, 0.4) is 0 Å². The van der Waals surface area contributed by atoms with Crippen molar-refractivity contribution in [3.63, 3.8) is 0 Å². The third kappa shape index (κ3) is 78.5. The molecule has 0 aromatic heterocycles. The Bertz CT molecular complexity index is 830. The van der Waals surface area contributed by atoms with E-state index < -0.39 is 10.4 Å². The van der Waals surface area contributed by atoms with Gasteiger partial charge in [-0.1, -0.05) is 130 Å². The fourth-order valence-corrected chi connectivity index (χ4v) is 3.41. The molecule has 0 aliphatic carbocycles. The van der Waals surface area contributed by atoms with E-state index in [0.717, 1.165) is 32.1 Å². The first-order chi connectivity index (χ1) is 21.3. The molecular weight excluding hydrogens is 589 g/mol. The maximum atomic E-state index is 10.4. The molecule has 2 atom stereocenters. The smallest absolute Gasteiger partial charge is 0.264 e. The quantitative estimate of drug-likeness (QED) is 0.198. The average molecular weight is 673 g/mol. The molecule has 0 fully saturated rings. The molecule has 0 aliphatic rings. The van der Waals surface area contributed by atoms with Crippen LogP contribution in [-0.2, 0) is 21.0 Å². The maximum absolute atomic E-state index is 10.4. The third-order valence-electron chi connectivity index (χ3n) is 4.91. The van der Waals surface area contributed by atoms with Crippen LogP contribution in [0.25, 0.3) is 0 Å². The number of aryl methyl sites for hydroxylation is 3. The Kier molecular flexibility index (Phi) is 68.2. The van der Waals surface area contributed by atoms with Crippen molar-refractivity contribution in [1.82, 2.24) is 0 Å². The number of hydrogen-bond acceptors (Lipinski definition) is 3. The highest BCUT2D eigenvalue weighted by molar-refractivity contribution is 7.80. The SMILES string of the molecule is C=C.C=C(C)C.C=C(C)C.C=C(C)C.CC.CC.CC.CCCC(C)C(CCC)CCOS(=O)(=O)O.CCc1ccc(C)c(C)c1. The van der Waals surface area contributed by atoms with Crippen molar-refractivity contribution in [2.45, 2.75) is 163 Å². The molecule has 46 heavy (non-hydrogen) atoms. The average Bonchev–Trinajstić information content (AvgIpc) is 2.97. The highest BCUT2D eigenvalue weighted by Gasteiger charge is 2.17. The van der Waals surface area contributed by atoms with E-state index in [1.807, 2.05) is 83.1 Å². The summed E-state index contributed by atoms with van der Waals surface area (Å²) in [7, 11) is -4.27. The van der Waals surface area contributed by atoms with E-state index in [1.165, 1.54) is 33.4 Å². The molecule has 0 spiro atoms. The van der Waals surface area contributed by atoms with Gasteiger partial charge >= 0.3 is 10.4 Å². The number of rotatable bonds is 10. The van der Waals surface area contributed by atoms with Gasteiger partial charge in [-0.05, 0) is 96.8 Å². The summed E-state index contributed by atoms with van der Waals surface area (Å²) in [5.41, 5.74) is 7.72. The zero-order valence-electron chi connectivity index (χ0n) is 34.5. The van der Waals surface area contributed by atoms with Gasteiger partial charge in [-0.2, -0.15) is 8.42 Å². The minimum atomic E-state index is -4.27. The highest BCUT2D eigenvalue weighted by atomic mass is 32.3. The molecule has 0 saturated heterocycles. The number of hydrogen-bond donors (Lipinski definition) is 1. The molecular formula is C41H84O4S. The summed E-state index contributed by atoms with van der Waals surface area (Å²) < 4.78 is 33.6. The van der Waals surface area contributed by atoms with Gasteiger partial charge in [0.15, 0.2) is 0 Å². The Hall–Kier alpha value is -1.95. The molecule has 1 aromatic rings. The Balaban J connectivity index is -0.0000000686. The lowest BCUT2D eigenvalue weighted by Crippen LogP contribution is -2.16. The second kappa shape index (κ2) is 49.9. The number of benzene rings is 1. The lowest BCUT2D eigenvalue weighted by molar-refractivity contribution is 0.210. The minimum absolute atomic E-state index is 0.0809. The van der Waals surface area contributed by atoms with E-state index in [0.29, 0.717) is 18.3 Å². The second-order valence-electron chi connectivity index (χ2n) is 10.7. The van der Waals surface area contributed by atoms with Gasteiger partial charge in [0, 0.05) is 0 Å². The summed E-state index contributed by atoms with van der Waals surface area (Å²) in [5.74, 6) is 1.06. The van der Waals surface area contributed by atoms with Crippen LogP contribution in [0.1, 0.15) is 160 Å². The van der Waals surface area contributed by atoms with E-state index in [9.17, 15) is 8.42 Å². The molecule has 0 aliphatic heterocycles. The van der Waals surface area contributed by atoms with Crippen LogP contribution in [0.2, 0.25) is 0 Å². The molecule has 5 heteroatoms. The van der Waals surface area contributed by atoms with Crippen LogP contribution in [0.15, 0.2) is 67.8 Å². The van der Waals surface area contributed by atoms with E-state index in [1.54, 1.807) is 0 Å². The van der Waals surface area contributed by atoms with Gasteiger partial charge in [0.05, 0.1) is 6.61 Å². The van der Waals surface area contributed by atoms with Crippen LogP contribution in [-0.4, -0.2) is 19.6 Å². The zero-order valence-corrected chi connectivity index (χ0v) is 35.3. The summed E-state index contributed by atoms with van der Waals surface area (Å²) in [6, 6.07) is 6.64. The Morgan fingerprint density at radius 3 is 1.33 bits per heavy atom. The third-order valence-corrected chi connectivity index (χ3v) is 5.37. The Morgan fingerprint density at radius 2 is 1.07 bits per heavy atom. The molecule has 0 bridgehead atoms. The minimum Gasteiger partial charge on any atom is -0.264 e. The van der Waals surface area contributed by atoms with Gasteiger partial charge in [-0.15, -0.1) is 32.9 Å². The van der Waals surface area contributed by atoms with Gasteiger partial charge in [0.25, 0.3) is 0 Å². The van der Waals surface area contributed by atoms with Crippen molar-refractivity contribution >= 4 is 10.4 Å². The maximum Gasteiger partial charge on any atom is 0.397 e. The van der Waals surface area contributed by atoms with Crippen molar-refractivity contribution in [3.05, 3.63) is 84.5 Å². The monoisotopic (exact) mass is 673 g/mol. The highest BCUT2D eigenvalue weighted by Crippen LogP contribution is 2.25. The van der Waals surface area contributed by atoms with Crippen LogP contribution >= 0.6 is 0 Å². The zero-order chi connectivity index (χ0) is 38.9. The Morgan fingerprint density at radius 1 is 0.717 bits per heavy atom. The fraction of sp³-hybridized carbons (Fsp3) is 0.659. The van der Waals surface area contributed by atoms with Crippen LogP contribution in [0, 0.1) is 25.7 Å². The van der Waals surface area contributed by atoms with Crippen molar-refractivity contribution in [2.24, 2.45) is 11.8 Å². The first-order valence-corrected chi connectivity index (χ1v) is 18.7. The molecule has 1 aromatic carbocycles. The van der Waals surface area contributed by atoms with E-state index in [-0.39, 0.29) is 6.61 Å². The van der Waals surface area contributed by atoms with Gasteiger partial charge in [0.2, 0.25) is 0 Å². The molecule has 278 valence electrons. The molecule has 0 amide bonds. The van der Waals surface area contributed by atoms with Crippen LogP contribution < -0.4 is 0 Å². The molecule has 0 radical (unpaired) electrons. The summed E-state index contributed by atoms with van der Waals surface area (Å²) in [4.78, 5) is 0. The summed E-state index contributed by atoms with van der Waals surface area (Å²) in [5, 5.41) is 0. The number of allylic oxidation sites excluding steroid dienone is 3. The lowest BCUT2D eigenvalue weighted by atomic mass is 9.85. The summed E-state index contributed by atoms with van der Waals surface area (Å²) in [6.45, 7) is 53.5. The largest absolute Gasteiger partial charge is 0.397 e. The molecule has 0 heterocycles. The van der Waals surface area contributed by atoms with Crippen molar-refractivity contribution < 1.29 is 17.2 Å². The lowest BCUT2D eigenvalue weighted by Gasteiger charge is -2.22. The molecule has 1 rings (SSSR count). The van der Waals surface area contributed by atoms with E-state index >= 15 is 0 Å². The topological polar surface area (TPSA) is 63.6 Å². The second-order valence-corrected chi connectivity index (χ2v) is 11.8.